The molecule has 0 spiro atoms. The maximum atomic E-state index is 12.4. The summed E-state index contributed by atoms with van der Waals surface area (Å²) in [6.07, 6.45) is 0.639. The van der Waals surface area contributed by atoms with E-state index in [0.29, 0.717) is 25.5 Å². The number of aryl methyl sites for hydroxylation is 1. The van der Waals surface area contributed by atoms with Crippen molar-refractivity contribution in [2.75, 3.05) is 26.2 Å². The third-order valence-electron chi connectivity index (χ3n) is 4.48. The van der Waals surface area contributed by atoms with E-state index in [9.17, 15) is 4.79 Å². The molecule has 1 amide bonds. The summed E-state index contributed by atoms with van der Waals surface area (Å²) in [6, 6.07) is 9.95. The lowest BCUT2D eigenvalue weighted by atomic mass is 10.1. The van der Waals surface area contributed by atoms with E-state index in [0.717, 1.165) is 18.8 Å². The Morgan fingerprint density at radius 2 is 2.24 bits per heavy atom. The van der Waals surface area contributed by atoms with Gasteiger partial charge in [0.2, 0.25) is 5.91 Å². The summed E-state index contributed by atoms with van der Waals surface area (Å²) in [4.78, 5) is 18.9. The van der Waals surface area contributed by atoms with E-state index in [1.165, 1.54) is 5.56 Å². The van der Waals surface area contributed by atoms with E-state index in [1.54, 1.807) is 0 Å². The number of rotatable bonds is 6. The van der Waals surface area contributed by atoms with Crippen LogP contribution in [0.15, 0.2) is 30.3 Å². The van der Waals surface area contributed by atoms with Gasteiger partial charge in [0.05, 0.1) is 12.6 Å². The highest BCUT2D eigenvalue weighted by Gasteiger charge is 2.30. The molecule has 1 saturated heterocycles. The van der Waals surface area contributed by atoms with Gasteiger partial charge in [-0.1, -0.05) is 30.3 Å². The number of aromatic nitrogens is 3. The summed E-state index contributed by atoms with van der Waals surface area (Å²) in [5, 5.41) is 10.0. The highest BCUT2D eigenvalue weighted by Crippen LogP contribution is 2.20. The molecule has 3 rings (SSSR count). The van der Waals surface area contributed by atoms with Crippen LogP contribution in [0.25, 0.3) is 0 Å². The lowest BCUT2D eigenvalue weighted by molar-refractivity contribution is -0.129. The van der Waals surface area contributed by atoms with Crippen molar-refractivity contribution in [1.82, 2.24) is 25.4 Å². The normalized spacial score (nSPS) is 19.5. The SMILES string of the molecule is Cc1nc([C@@H]2CN([C@H](C)C(=O)NCCc3ccccc3)CCO2)n[nH]1. The second-order valence-corrected chi connectivity index (χ2v) is 6.34. The van der Waals surface area contributed by atoms with Gasteiger partial charge < -0.3 is 10.1 Å². The number of morpholine rings is 1. The second-order valence-electron chi connectivity index (χ2n) is 6.34. The van der Waals surface area contributed by atoms with Crippen molar-refractivity contribution in [2.24, 2.45) is 0 Å². The average Bonchev–Trinajstić information content (AvgIpc) is 3.08. The van der Waals surface area contributed by atoms with Crippen LogP contribution in [0.1, 0.15) is 30.2 Å². The van der Waals surface area contributed by atoms with Gasteiger partial charge in [-0.15, -0.1) is 0 Å². The molecule has 7 heteroatoms. The van der Waals surface area contributed by atoms with Crippen molar-refractivity contribution in [2.45, 2.75) is 32.4 Å². The maximum absolute atomic E-state index is 12.4. The summed E-state index contributed by atoms with van der Waals surface area (Å²) >= 11 is 0. The third kappa shape index (κ3) is 4.64. The van der Waals surface area contributed by atoms with E-state index in [-0.39, 0.29) is 18.1 Å². The maximum Gasteiger partial charge on any atom is 0.237 e. The van der Waals surface area contributed by atoms with Gasteiger partial charge in [-0.2, -0.15) is 5.10 Å². The number of ether oxygens (including phenoxy) is 1. The van der Waals surface area contributed by atoms with Crippen LogP contribution >= 0.6 is 0 Å². The predicted molar refractivity (Wildman–Crippen MR) is 94.0 cm³/mol. The van der Waals surface area contributed by atoms with Crippen molar-refractivity contribution in [3.05, 3.63) is 47.5 Å². The molecule has 0 radical (unpaired) electrons. The zero-order chi connectivity index (χ0) is 17.6. The summed E-state index contributed by atoms with van der Waals surface area (Å²) in [5.74, 6) is 1.46. The van der Waals surface area contributed by atoms with Crippen LogP contribution < -0.4 is 5.32 Å². The number of benzene rings is 1. The Balaban J connectivity index is 1.49. The van der Waals surface area contributed by atoms with Gasteiger partial charge in [0, 0.05) is 19.6 Å². The van der Waals surface area contributed by atoms with Gasteiger partial charge in [0.1, 0.15) is 11.9 Å². The fourth-order valence-electron chi connectivity index (χ4n) is 2.97. The first-order valence-corrected chi connectivity index (χ1v) is 8.69. The Kier molecular flexibility index (Phi) is 5.78. The lowest BCUT2D eigenvalue weighted by Crippen LogP contribution is -2.50. The fourth-order valence-corrected chi connectivity index (χ4v) is 2.97. The number of amides is 1. The van der Waals surface area contributed by atoms with Gasteiger partial charge in [0.15, 0.2) is 5.82 Å². The number of nitrogens with zero attached hydrogens (tertiary/aromatic N) is 3. The van der Waals surface area contributed by atoms with Crippen LogP contribution in [-0.2, 0) is 16.0 Å². The van der Waals surface area contributed by atoms with Crippen LogP contribution in [-0.4, -0.2) is 58.3 Å². The van der Waals surface area contributed by atoms with Gasteiger partial charge in [0.25, 0.3) is 0 Å². The molecular formula is C18H25N5O2. The number of hydrogen-bond acceptors (Lipinski definition) is 5. The van der Waals surface area contributed by atoms with Crippen molar-refractivity contribution in [3.63, 3.8) is 0 Å². The van der Waals surface area contributed by atoms with Crippen LogP contribution in [0.5, 0.6) is 0 Å². The Bertz CT molecular complexity index is 688. The number of H-pyrrole nitrogens is 1. The average molecular weight is 343 g/mol. The topological polar surface area (TPSA) is 83.1 Å². The number of hydrogen-bond donors (Lipinski definition) is 2. The molecule has 0 bridgehead atoms. The molecular weight excluding hydrogens is 318 g/mol. The molecule has 7 nitrogen and oxygen atoms in total. The zero-order valence-electron chi connectivity index (χ0n) is 14.7. The smallest absolute Gasteiger partial charge is 0.237 e. The van der Waals surface area contributed by atoms with E-state index in [2.05, 4.69) is 37.5 Å². The Hall–Kier alpha value is -2.25. The lowest BCUT2D eigenvalue weighted by Gasteiger charge is -2.35. The molecule has 25 heavy (non-hydrogen) atoms. The summed E-state index contributed by atoms with van der Waals surface area (Å²) in [7, 11) is 0. The molecule has 0 unspecified atom stereocenters. The highest BCUT2D eigenvalue weighted by molar-refractivity contribution is 5.81. The molecule has 1 aromatic heterocycles. The molecule has 1 aliphatic heterocycles. The molecule has 0 aliphatic carbocycles. The Morgan fingerprint density at radius 3 is 2.96 bits per heavy atom. The minimum atomic E-state index is -0.206. The van der Waals surface area contributed by atoms with E-state index in [4.69, 9.17) is 4.74 Å². The quantitative estimate of drug-likeness (QED) is 0.824. The van der Waals surface area contributed by atoms with Crippen LogP contribution in [0, 0.1) is 6.92 Å². The standard InChI is InChI=1S/C18H25N5O2/c1-13(18(24)19-9-8-15-6-4-3-5-7-15)23-10-11-25-16(12-23)17-20-14(2)21-22-17/h3-7,13,16H,8-12H2,1-2H3,(H,19,24)(H,20,21,22)/t13-,16+/m1/s1. The first-order chi connectivity index (χ1) is 12.1. The monoisotopic (exact) mass is 343 g/mol. The van der Waals surface area contributed by atoms with Crippen molar-refractivity contribution in [3.8, 4) is 0 Å². The molecule has 1 fully saturated rings. The minimum Gasteiger partial charge on any atom is -0.367 e. The van der Waals surface area contributed by atoms with Crippen molar-refractivity contribution < 1.29 is 9.53 Å². The molecule has 2 N–H and O–H groups in total. The Morgan fingerprint density at radius 1 is 1.44 bits per heavy atom. The highest BCUT2D eigenvalue weighted by atomic mass is 16.5. The van der Waals surface area contributed by atoms with Gasteiger partial charge in [-0.05, 0) is 25.8 Å². The van der Waals surface area contributed by atoms with Gasteiger partial charge >= 0.3 is 0 Å². The van der Waals surface area contributed by atoms with Crippen molar-refractivity contribution >= 4 is 5.91 Å². The Labute approximate surface area is 147 Å². The zero-order valence-corrected chi connectivity index (χ0v) is 14.7. The van der Waals surface area contributed by atoms with E-state index in [1.807, 2.05) is 32.0 Å². The first-order valence-electron chi connectivity index (χ1n) is 8.69. The molecule has 0 saturated carbocycles. The van der Waals surface area contributed by atoms with Crippen molar-refractivity contribution in [1.29, 1.82) is 0 Å². The third-order valence-corrected chi connectivity index (χ3v) is 4.48. The van der Waals surface area contributed by atoms with Crippen LogP contribution in [0.2, 0.25) is 0 Å². The number of carbonyl (C=O) groups excluding carboxylic acids is 1. The van der Waals surface area contributed by atoms with E-state index >= 15 is 0 Å². The van der Waals surface area contributed by atoms with Gasteiger partial charge in [-0.25, -0.2) is 4.98 Å². The second kappa shape index (κ2) is 8.22. The molecule has 2 heterocycles. The summed E-state index contributed by atoms with van der Waals surface area (Å²) in [5.41, 5.74) is 1.22. The number of aromatic amines is 1. The molecule has 2 atom stereocenters. The van der Waals surface area contributed by atoms with E-state index < -0.39 is 0 Å². The molecule has 134 valence electrons. The molecule has 2 aromatic rings. The van der Waals surface area contributed by atoms with Gasteiger partial charge in [-0.3, -0.25) is 14.8 Å². The van der Waals surface area contributed by atoms with Crippen LogP contribution in [0.4, 0.5) is 0 Å². The molecule has 1 aliphatic rings. The summed E-state index contributed by atoms with van der Waals surface area (Å²) in [6.45, 7) is 6.35. The largest absolute Gasteiger partial charge is 0.367 e. The minimum absolute atomic E-state index is 0.0442. The molecule has 1 aromatic carbocycles. The first kappa shape index (κ1) is 17.6. The number of nitrogens with one attached hydrogen (secondary N) is 2. The summed E-state index contributed by atoms with van der Waals surface area (Å²) < 4.78 is 5.76. The predicted octanol–water partition coefficient (Wildman–Crippen LogP) is 1.23. The fraction of sp³-hybridized carbons (Fsp3) is 0.500. The number of carbonyl (C=O) groups is 1. The van der Waals surface area contributed by atoms with Crippen LogP contribution in [0.3, 0.4) is 0 Å².